The number of amides is 3. The van der Waals surface area contributed by atoms with Gasteiger partial charge in [-0.1, -0.05) is 58.4 Å². The van der Waals surface area contributed by atoms with Crippen molar-refractivity contribution in [3.05, 3.63) is 95.0 Å². The molecule has 0 unspecified atom stereocenters. The monoisotopic (exact) mass is 669 g/mol. The van der Waals surface area contributed by atoms with E-state index in [1.165, 1.54) is 34.1 Å². The van der Waals surface area contributed by atoms with E-state index in [0.29, 0.717) is 25.5 Å². The van der Waals surface area contributed by atoms with Crippen LogP contribution < -0.4 is 15.1 Å². The second kappa shape index (κ2) is 10.9. The molecule has 0 radical (unpaired) electrons. The summed E-state index contributed by atoms with van der Waals surface area (Å²) in [5.74, 6) is -3.53. The van der Waals surface area contributed by atoms with Crippen molar-refractivity contribution in [3.8, 4) is 0 Å². The Morgan fingerprint density at radius 3 is 2.45 bits per heavy atom. The summed E-state index contributed by atoms with van der Waals surface area (Å²) < 4.78 is 41.5. The molecule has 1 fully saturated rings. The number of thiophene rings is 1. The molecule has 1 N–H and O–H groups in total. The summed E-state index contributed by atoms with van der Waals surface area (Å²) in [5.41, 5.74) is -0.801. The summed E-state index contributed by atoms with van der Waals surface area (Å²) in [6, 6.07) is 12.1. The number of hydrogen-bond acceptors (Lipinski definition) is 7. The van der Waals surface area contributed by atoms with Crippen LogP contribution in [0.5, 0.6) is 0 Å². The Hall–Kier alpha value is -3.10. The fraction of sp³-hybridized carbons (Fsp3) is 0.185. The summed E-state index contributed by atoms with van der Waals surface area (Å²) in [5, 5.41) is 4.33. The van der Waals surface area contributed by atoms with Gasteiger partial charge in [0, 0.05) is 21.4 Å². The van der Waals surface area contributed by atoms with E-state index in [2.05, 4.69) is 5.32 Å². The Bertz CT molecular complexity index is 1810. The number of thiazole rings is 1. The molecule has 4 aromatic rings. The maximum absolute atomic E-state index is 13.8. The van der Waals surface area contributed by atoms with E-state index in [4.69, 9.17) is 23.2 Å². The number of thioether (sulfide) groups is 1. The Labute approximate surface area is 257 Å². The third kappa shape index (κ3) is 5.06. The fourth-order valence-electron chi connectivity index (χ4n) is 5.02. The molecule has 2 aromatic heterocycles. The number of alkyl halides is 3. The van der Waals surface area contributed by atoms with Gasteiger partial charge in [0.1, 0.15) is 11.8 Å². The molecule has 3 amide bonds. The standard InChI is InChI=1S/C27H16Cl2F3N3O4S3/c28-15-7-6-13(10-16(15)29)33-18(36)11-34-25-22(42-26(34)39)19(17-5-2-8-40-17)20-21(41-25)24(38)35(23(20)37)14-4-1-3-12(9-14)27(30,31)32/h1-10,19-21H,11H2,(H,33,36)/t19-,20-,21+/m0/s1. The summed E-state index contributed by atoms with van der Waals surface area (Å²) in [4.78, 5) is 55.2. The quantitative estimate of drug-likeness (QED) is 0.238. The number of aromatic nitrogens is 1. The molecular formula is C27H16Cl2F3N3O4S3. The minimum Gasteiger partial charge on any atom is -0.324 e. The van der Waals surface area contributed by atoms with Crippen LogP contribution in [0.15, 0.2) is 69.8 Å². The van der Waals surface area contributed by atoms with Crippen LogP contribution in [0.25, 0.3) is 0 Å². The molecule has 0 bridgehead atoms. The number of halogens is 5. The van der Waals surface area contributed by atoms with Gasteiger partial charge in [-0.05, 0) is 47.8 Å². The molecule has 216 valence electrons. The molecule has 0 saturated carbocycles. The topological polar surface area (TPSA) is 88.5 Å². The van der Waals surface area contributed by atoms with E-state index in [0.717, 1.165) is 46.2 Å². The number of anilines is 2. The van der Waals surface area contributed by atoms with Gasteiger partial charge in [-0.25, -0.2) is 4.90 Å². The zero-order valence-corrected chi connectivity index (χ0v) is 24.8. The zero-order chi connectivity index (χ0) is 29.9. The largest absolute Gasteiger partial charge is 0.416 e. The molecule has 0 aliphatic carbocycles. The summed E-state index contributed by atoms with van der Waals surface area (Å²) in [6.07, 6.45) is -4.67. The molecule has 2 aliphatic rings. The number of carbonyl (C=O) groups excluding carboxylic acids is 3. The average Bonchev–Trinajstić information content (AvgIpc) is 3.63. The summed E-state index contributed by atoms with van der Waals surface area (Å²) in [6.45, 7) is -0.383. The molecule has 2 aromatic carbocycles. The molecule has 7 nitrogen and oxygen atoms in total. The van der Waals surface area contributed by atoms with Crippen LogP contribution in [-0.4, -0.2) is 27.5 Å². The number of imide groups is 1. The van der Waals surface area contributed by atoms with Crippen LogP contribution in [0.4, 0.5) is 24.5 Å². The van der Waals surface area contributed by atoms with Crippen molar-refractivity contribution in [1.29, 1.82) is 0 Å². The fourth-order valence-corrected chi connectivity index (χ4v) is 9.04. The van der Waals surface area contributed by atoms with Crippen LogP contribution in [0.2, 0.25) is 10.0 Å². The molecule has 2 aliphatic heterocycles. The zero-order valence-electron chi connectivity index (χ0n) is 20.9. The summed E-state index contributed by atoms with van der Waals surface area (Å²) >= 11 is 15.1. The second-order valence-corrected chi connectivity index (χ2v) is 13.3. The third-order valence-corrected chi connectivity index (χ3v) is 11.1. The number of carbonyl (C=O) groups is 3. The van der Waals surface area contributed by atoms with Gasteiger partial charge in [0.2, 0.25) is 17.7 Å². The molecule has 15 heteroatoms. The van der Waals surface area contributed by atoms with Crippen molar-refractivity contribution in [2.45, 2.75) is 28.9 Å². The van der Waals surface area contributed by atoms with Crippen molar-refractivity contribution in [2.24, 2.45) is 5.92 Å². The van der Waals surface area contributed by atoms with Crippen LogP contribution in [0.1, 0.15) is 21.2 Å². The second-order valence-electron chi connectivity index (χ2n) is 9.42. The number of hydrogen-bond donors (Lipinski definition) is 1. The number of fused-ring (bicyclic) bond motifs is 2. The first-order valence-corrected chi connectivity index (χ1v) is 15.5. The molecule has 42 heavy (non-hydrogen) atoms. The molecule has 6 rings (SSSR count). The Balaban J connectivity index is 1.37. The van der Waals surface area contributed by atoms with Crippen LogP contribution in [0.3, 0.4) is 0 Å². The highest BCUT2D eigenvalue weighted by molar-refractivity contribution is 8.00. The molecule has 3 atom stereocenters. The highest BCUT2D eigenvalue weighted by Crippen LogP contribution is 2.54. The smallest absolute Gasteiger partial charge is 0.324 e. The lowest BCUT2D eigenvalue weighted by molar-refractivity contribution is -0.137. The van der Waals surface area contributed by atoms with Gasteiger partial charge >= 0.3 is 11.0 Å². The molecule has 1 saturated heterocycles. The van der Waals surface area contributed by atoms with Gasteiger partial charge in [-0.2, -0.15) is 13.2 Å². The first-order valence-electron chi connectivity index (χ1n) is 12.2. The van der Waals surface area contributed by atoms with Crippen molar-refractivity contribution in [2.75, 3.05) is 10.2 Å². The highest BCUT2D eigenvalue weighted by Gasteiger charge is 2.57. The van der Waals surface area contributed by atoms with E-state index in [1.54, 1.807) is 23.6 Å². The minimum atomic E-state index is -4.67. The van der Waals surface area contributed by atoms with E-state index in [-0.39, 0.29) is 17.3 Å². The predicted molar refractivity (Wildman–Crippen MR) is 157 cm³/mol. The maximum atomic E-state index is 13.8. The first-order chi connectivity index (χ1) is 19.9. The average molecular weight is 671 g/mol. The minimum absolute atomic E-state index is 0.179. The van der Waals surface area contributed by atoms with E-state index < -0.39 is 51.4 Å². The molecular weight excluding hydrogens is 654 g/mol. The number of nitrogens with zero attached hydrogens (tertiary/aromatic N) is 2. The third-order valence-electron chi connectivity index (χ3n) is 6.84. The Morgan fingerprint density at radius 2 is 1.76 bits per heavy atom. The van der Waals surface area contributed by atoms with Gasteiger partial charge in [-0.15, -0.1) is 11.3 Å². The Kier molecular flexibility index (Phi) is 7.50. The van der Waals surface area contributed by atoms with Gasteiger partial charge in [0.15, 0.2) is 0 Å². The first kappa shape index (κ1) is 29.0. The molecule has 0 spiro atoms. The SMILES string of the molecule is O=C(Cn1c2c(sc1=O)[C@@H](c1cccs1)[C@@H]1C(=O)N(c3cccc(C(F)(F)F)c3)C(=O)[C@@H]1S2)Nc1ccc(Cl)c(Cl)c1. The normalized spacial score (nSPS) is 20.0. The lowest BCUT2D eigenvalue weighted by atomic mass is 9.87. The summed E-state index contributed by atoms with van der Waals surface area (Å²) in [7, 11) is 0. The lowest BCUT2D eigenvalue weighted by Gasteiger charge is -2.29. The van der Waals surface area contributed by atoms with Crippen LogP contribution in [0, 0.1) is 5.92 Å². The number of nitrogens with one attached hydrogen (secondary N) is 1. The van der Waals surface area contributed by atoms with E-state index in [9.17, 15) is 32.3 Å². The van der Waals surface area contributed by atoms with Crippen molar-refractivity contribution in [3.63, 3.8) is 0 Å². The molecule has 4 heterocycles. The van der Waals surface area contributed by atoms with Crippen molar-refractivity contribution in [1.82, 2.24) is 4.57 Å². The maximum Gasteiger partial charge on any atom is 0.416 e. The van der Waals surface area contributed by atoms with Gasteiger partial charge < -0.3 is 5.32 Å². The van der Waals surface area contributed by atoms with Gasteiger partial charge in [0.05, 0.1) is 32.2 Å². The van der Waals surface area contributed by atoms with Gasteiger partial charge in [-0.3, -0.25) is 23.7 Å². The number of rotatable bonds is 5. The van der Waals surface area contributed by atoms with E-state index in [1.807, 2.05) is 0 Å². The van der Waals surface area contributed by atoms with Crippen molar-refractivity contribution < 1.29 is 27.6 Å². The van der Waals surface area contributed by atoms with Gasteiger partial charge in [0.25, 0.3) is 0 Å². The van der Waals surface area contributed by atoms with Crippen LogP contribution in [-0.2, 0) is 27.1 Å². The van der Waals surface area contributed by atoms with Crippen molar-refractivity contribution >= 4 is 86.7 Å². The number of benzene rings is 2. The van der Waals surface area contributed by atoms with E-state index >= 15 is 0 Å². The van der Waals surface area contributed by atoms with Crippen LogP contribution >= 0.6 is 57.6 Å². The Morgan fingerprint density at radius 1 is 0.976 bits per heavy atom. The predicted octanol–water partition coefficient (Wildman–Crippen LogP) is 6.73. The lowest BCUT2D eigenvalue weighted by Crippen LogP contribution is -2.32. The highest BCUT2D eigenvalue weighted by atomic mass is 35.5.